The summed E-state index contributed by atoms with van der Waals surface area (Å²) in [7, 11) is 0. The summed E-state index contributed by atoms with van der Waals surface area (Å²) >= 11 is 0. The third-order valence-corrected chi connectivity index (χ3v) is 3.39. The van der Waals surface area contributed by atoms with E-state index in [4.69, 9.17) is 4.74 Å². The highest BCUT2D eigenvalue weighted by Crippen LogP contribution is 2.26. The molecule has 20 heavy (non-hydrogen) atoms. The molecule has 0 radical (unpaired) electrons. The molecule has 5 heteroatoms. The third kappa shape index (κ3) is 4.08. The summed E-state index contributed by atoms with van der Waals surface area (Å²) in [4.78, 5) is 6.57. The van der Waals surface area contributed by atoms with Crippen LogP contribution < -0.4 is 15.0 Å². The minimum absolute atomic E-state index is 0.110. The number of pyridine rings is 1. The first kappa shape index (κ1) is 15.1. The lowest BCUT2D eigenvalue weighted by Gasteiger charge is -2.28. The molecule has 2 N–H and O–H groups in total. The van der Waals surface area contributed by atoms with Crippen LogP contribution in [-0.2, 0) is 0 Å². The molecule has 0 spiro atoms. The van der Waals surface area contributed by atoms with E-state index in [-0.39, 0.29) is 12.7 Å². The van der Waals surface area contributed by atoms with Crippen molar-refractivity contribution in [2.75, 3.05) is 31.1 Å². The monoisotopic (exact) mass is 279 g/mol. The van der Waals surface area contributed by atoms with Gasteiger partial charge in [-0.2, -0.15) is 0 Å². The second kappa shape index (κ2) is 7.45. The van der Waals surface area contributed by atoms with Crippen molar-refractivity contribution in [1.29, 1.82) is 0 Å². The van der Waals surface area contributed by atoms with Gasteiger partial charge in [0.25, 0.3) is 0 Å². The fourth-order valence-corrected chi connectivity index (χ4v) is 2.55. The molecule has 2 rings (SSSR count). The van der Waals surface area contributed by atoms with Crippen LogP contribution in [0.25, 0.3) is 0 Å². The summed E-state index contributed by atoms with van der Waals surface area (Å²) in [6.45, 7) is 6.63. The molecule has 0 bridgehead atoms. The number of aromatic nitrogens is 1. The number of hydrogen-bond donors (Lipinski definition) is 2. The zero-order valence-electron chi connectivity index (χ0n) is 12.4. The maximum atomic E-state index is 9.31. The van der Waals surface area contributed by atoms with Crippen LogP contribution in [0.4, 0.5) is 5.82 Å². The largest absolute Gasteiger partial charge is 0.487 e. The lowest BCUT2D eigenvalue weighted by molar-refractivity contribution is 0.241. The van der Waals surface area contributed by atoms with E-state index in [0.717, 1.165) is 24.7 Å². The van der Waals surface area contributed by atoms with E-state index < -0.39 is 0 Å². The molecule has 1 aliphatic heterocycles. The highest BCUT2D eigenvalue weighted by atomic mass is 16.5. The minimum atomic E-state index is 0.110. The van der Waals surface area contributed by atoms with Crippen molar-refractivity contribution in [3.8, 4) is 5.75 Å². The zero-order valence-corrected chi connectivity index (χ0v) is 12.4. The van der Waals surface area contributed by atoms with Gasteiger partial charge in [-0.15, -0.1) is 0 Å². The maximum absolute atomic E-state index is 9.31. The average molecular weight is 279 g/mol. The van der Waals surface area contributed by atoms with Gasteiger partial charge in [0.1, 0.15) is 0 Å². The molecule has 5 nitrogen and oxygen atoms in total. The van der Waals surface area contributed by atoms with E-state index >= 15 is 0 Å². The number of aliphatic hydroxyl groups is 1. The van der Waals surface area contributed by atoms with Gasteiger partial charge in [0.15, 0.2) is 11.6 Å². The van der Waals surface area contributed by atoms with E-state index in [1.807, 2.05) is 26.0 Å². The Labute approximate surface area is 121 Å². The van der Waals surface area contributed by atoms with E-state index in [9.17, 15) is 5.11 Å². The number of hydrogen-bond acceptors (Lipinski definition) is 5. The van der Waals surface area contributed by atoms with Crippen molar-refractivity contribution in [3.63, 3.8) is 0 Å². The number of nitrogens with zero attached hydrogens (tertiary/aromatic N) is 2. The Balaban J connectivity index is 2.14. The molecule has 1 aliphatic rings. The summed E-state index contributed by atoms with van der Waals surface area (Å²) in [6, 6.07) is 4.29. The van der Waals surface area contributed by atoms with Gasteiger partial charge in [-0.1, -0.05) is 0 Å². The molecule has 0 aliphatic carbocycles. The Bertz CT molecular complexity index is 406. The Morgan fingerprint density at radius 3 is 3.05 bits per heavy atom. The predicted molar refractivity (Wildman–Crippen MR) is 80.3 cm³/mol. The Morgan fingerprint density at radius 1 is 1.55 bits per heavy atom. The first-order valence-electron chi connectivity index (χ1n) is 7.41. The smallest absolute Gasteiger partial charge is 0.171 e. The number of anilines is 1. The molecule has 1 aromatic rings. The van der Waals surface area contributed by atoms with Crippen LogP contribution in [0.15, 0.2) is 18.3 Å². The number of rotatable bonds is 7. The van der Waals surface area contributed by atoms with Gasteiger partial charge in [0.2, 0.25) is 0 Å². The number of nitrogens with one attached hydrogen (secondary N) is 1. The number of aliphatic hydroxyl groups excluding tert-OH is 1. The van der Waals surface area contributed by atoms with Gasteiger partial charge in [-0.05, 0) is 45.4 Å². The van der Waals surface area contributed by atoms with Crippen LogP contribution in [-0.4, -0.2) is 48.5 Å². The highest BCUT2D eigenvalue weighted by Gasteiger charge is 2.21. The molecular weight excluding hydrogens is 254 g/mol. The van der Waals surface area contributed by atoms with Gasteiger partial charge in [-0.25, -0.2) is 4.98 Å². The van der Waals surface area contributed by atoms with Crippen LogP contribution in [0, 0.1) is 0 Å². The van der Waals surface area contributed by atoms with Gasteiger partial charge in [0, 0.05) is 25.3 Å². The molecule has 0 saturated carbocycles. The first-order chi connectivity index (χ1) is 9.70. The highest BCUT2D eigenvalue weighted by molar-refractivity contribution is 5.52. The van der Waals surface area contributed by atoms with Crippen molar-refractivity contribution in [1.82, 2.24) is 10.3 Å². The Morgan fingerprint density at radius 2 is 2.40 bits per heavy atom. The standard InChI is InChI=1S/C15H25N3O2/c1-12(2)20-14-6-4-8-17-15(14)18(9-10-19)11-13-5-3-7-16-13/h4,6,8,12-13,16,19H,3,5,7,9-11H2,1-2H3. The van der Waals surface area contributed by atoms with Crippen LogP contribution in [0.5, 0.6) is 5.75 Å². The zero-order chi connectivity index (χ0) is 14.4. The Hall–Kier alpha value is -1.33. The molecule has 0 aromatic carbocycles. The molecule has 0 amide bonds. The van der Waals surface area contributed by atoms with Gasteiger partial charge >= 0.3 is 0 Å². The van der Waals surface area contributed by atoms with E-state index in [1.165, 1.54) is 12.8 Å². The topological polar surface area (TPSA) is 57.6 Å². The Kier molecular flexibility index (Phi) is 5.61. The van der Waals surface area contributed by atoms with E-state index in [2.05, 4.69) is 15.2 Å². The first-order valence-corrected chi connectivity index (χ1v) is 7.41. The van der Waals surface area contributed by atoms with Gasteiger partial charge in [-0.3, -0.25) is 0 Å². The molecule has 1 unspecified atom stereocenters. The summed E-state index contributed by atoms with van der Waals surface area (Å²) in [6.07, 6.45) is 4.28. The maximum Gasteiger partial charge on any atom is 0.171 e. The molecular formula is C15H25N3O2. The van der Waals surface area contributed by atoms with Crippen molar-refractivity contribution in [2.45, 2.75) is 38.8 Å². The summed E-state index contributed by atoms with van der Waals surface area (Å²) in [5.41, 5.74) is 0. The fraction of sp³-hybridized carbons (Fsp3) is 0.667. The molecule has 112 valence electrons. The lowest BCUT2D eigenvalue weighted by atomic mass is 10.2. The SMILES string of the molecule is CC(C)Oc1cccnc1N(CCO)CC1CCCN1. The second-order valence-electron chi connectivity index (χ2n) is 5.45. The van der Waals surface area contributed by atoms with Gasteiger partial charge < -0.3 is 20.1 Å². The minimum Gasteiger partial charge on any atom is -0.487 e. The van der Waals surface area contributed by atoms with Crippen molar-refractivity contribution in [3.05, 3.63) is 18.3 Å². The summed E-state index contributed by atoms with van der Waals surface area (Å²) < 4.78 is 5.83. The van der Waals surface area contributed by atoms with Crippen molar-refractivity contribution >= 4 is 5.82 Å². The van der Waals surface area contributed by atoms with Crippen LogP contribution >= 0.6 is 0 Å². The quantitative estimate of drug-likeness (QED) is 0.790. The van der Waals surface area contributed by atoms with Crippen LogP contribution in [0.3, 0.4) is 0 Å². The fourth-order valence-electron chi connectivity index (χ4n) is 2.55. The normalized spacial score (nSPS) is 18.5. The molecule has 1 saturated heterocycles. The lowest BCUT2D eigenvalue weighted by Crippen LogP contribution is -2.39. The number of ether oxygens (including phenoxy) is 1. The second-order valence-corrected chi connectivity index (χ2v) is 5.45. The summed E-state index contributed by atoms with van der Waals surface area (Å²) in [5, 5.41) is 12.8. The third-order valence-electron chi connectivity index (χ3n) is 3.39. The van der Waals surface area contributed by atoms with Crippen molar-refractivity contribution < 1.29 is 9.84 Å². The van der Waals surface area contributed by atoms with E-state index in [0.29, 0.717) is 12.6 Å². The van der Waals surface area contributed by atoms with Crippen LogP contribution in [0.1, 0.15) is 26.7 Å². The van der Waals surface area contributed by atoms with Crippen molar-refractivity contribution in [2.24, 2.45) is 0 Å². The molecule has 1 atom stereocenters. The average Bonchev–Trinajstić information content (AvgIpc) is 2.91. The summed E-state index contributed by atoms with van der Waals surface area (Å²) in [5.74, 6) is 1.61. The molecule has 1 aromatic heterocycles. The van der Waals surface area contributed by atoms with Crippen LogP contribution in [0.2, 0.25) is 0 Å². The van der Waals surface area contributed by atoms with Gasteiger partial charge in [0.05, 0.1) is 12.7 Å². The molecule has 2 heterocycles. The molecule has 1 fully saturated rings. The predicted octanol–water partition coefficient (Wildman–Crippen LogP) is 1.42. The van der Waals surface area contributed by atoms with E-state index in [1.54, 1.807) is 6.20 Å².